The molecule has 29 heavy (non-hydrogen) atoms. The molecule has 1 heterocycles. The zero-order valence-corrected chi connectivity index (χ0v) is 16.3. The van der Waals surface area contributed by atoms with Gasteiger partial charge < -0.3 is 10.1 Å². The Labute approximate surface area is 168 Å². The van der Waals surface area contributed by atoms with Crippen molar-refractivity contribution in [1.29, 1.82) is 5.26 Å². The summed E-state index contributed by atoms with van der Waals surface area (Å²) in [6, 6.07) is 8.90. The van der Waals surface area contributed by atoms with Crippen molar-refractivity contribution in [2.24, 2.45) is 0 Å². The van der Waals surface area contributed by atoms with Gasteiger partial charge in [0, 0.05) is 5.56 Å². The first-order valence-electron chi connectivity index (χ1n) is 9.70. The molecule has 1 aromatic carbocycles. The number of hydrogen-bond acceptors (Lipinski definition) is 6. The highest BCUT2D eigenvalue weighted by Gasteiger charge is 2.36. The van der Waals surface area contributed by atoms with Gasteiger partial charge in [-0.25, -0.2) is 0 Å². The van der Waals surface area contributed by atoms with Crippen LogP contribution >= 0.6 is 0 Å². The molecule has 1 aliphatic heterocycles. The SMILES string of the molecule is C[C@H](OC(=O)CN1C(=O)Cc2ccccc2C1=O)C(=O)NC1(C#N)CCCCC1. The summed E-state index contributed by atoms with van der Waals surface area (Å²) in [5.74, 6) is -2.48. The largest absolute Gasteiger partial charge is 0.451 e. The second-order valence-corrected chi connectivity index (χ2v) is 7.49. The average Bonchev–Trinajstić information content (AvgIpc) is 2.71. The number of carbonyl (C=O) groups excluding carboxylic acids is 4. The van der Waals surface area contributed by atoms with Crippen LogP contribution in [0.3, 0.4) is 0 Å². The summed E-state index contributed by atoms with van der Waals surface area (Å²) < 4.78 is 5.12. The molecule has 0 spiro atoms. The Balaban J connectivity index is 1.59. The van der Waals surface area contributed by atoms with Crippen LogP contribution in [0.4, 0.5) is 0 Å². The van der Waals surface area contributed by atoms with Gasteiger partial charge in [-0.3, -0.25) is 24.1 Å². The Hall–Kier alpha value is -3.21. The molecule has 3 amide bonds. The maximum atomic E-state index is 12.5. The number of ether oxygens (including phenoxy) is 1. The number of carbonyl (C=O) groups is 4. The molecule has 0 bridgehead atoms. The number of rotatable bonds is 5. The first-order valence-corrected chi connectivity index (χ1v) is 9.70. The third kappa shape index (κ3) is 4.45. The van der Waals surface area contributed by atoms with Crippen LogP contribution in [0, 0.1) is 11.3 Å². The lowest BCUT2D eigenvalue weighted by Crippen LogP contribution is -2.52. The van der Waals surface area contributed by atoms with Gasteiger partial charge in [0.05, 0.1) is 12.5 Å². The second-order valence-electron chi connectivity index (χ2n) is 7.49. The molecule has 0 saturated heterocycles. The summed E-state index contributed by atoms with van der Waals surface area (Å²) in [5.41, 5.74) is 0.0616. The minimum absolute atomic E-state index is 0.0237. The summed E-state index contributed by atoms with van der Waals surface area (Å²) in [4.78, 5) is 50.3. The first-order chi connectivity index (χ1) is 13.8. The molecular formula is C21H23N3O5. The summed E-state index contributed by atoms with van der Waals surface area (Å²) in [6.07, 6.45) is 2.72. The Kier molecular flexibility index (Phi) is 5.97. The number of imide groups is 1. The topological polar surface area (TPSA) is 117 Å². The Morgan fingerprint density at radius 1 is 1.24 bits per heavy atom. The van der Waals surface area contributed by atoms with E-state index in [9.17, 15) is 24.4 Å². The molecule has 0 radical (unpaired) electrons. The summed E-state index contributed by atoms with van der Waals surface area (Å²) in [6.45, 7) is 0.837. The van der Waals surface area contributed by atoms with Gasteiger partial charge in [0.15, 0.2) is 6.10 Å². The van der Waals surface area contributed by atoms with E-state index >= 15 is 0 Å². The molecule has 3 rings (SSSR count). The van der Waals surface area contributed by atoms with Crippen LogP contribution in [-0.4, -0.2) is 46.8 Å². The van der Waals surface area contributed by atoms with Crippen LogP contribution in [0.2, 0.25) is 0 Å². The highest BCUT2D eigenvalue weighted by atomic mass is 16.5. The molecule has 1 atom stereocenters. The standard InChI is InChI=1S/C21H23N3O5/c1-14(19(27)23-21(13-22)9-5-2-6-10-21)29-18(26)12-24-17(25)11-15-7-3-4-8-16(15)20(24)28/h3-4,7-8,14H,2,5-6,9-12H2,1H3,(H,23,27)/t14-/m0/s1. The number of hydrogen-bond donors (Lipinski definition) is 1. The molecule has 1 N–H and O–H groups in total. The smallest absolute Gasteiger partial charge is 0.326 e. The monoisotopic (exact) mass is 397 g/mol. The quantitative estimate of drug-likeness (QED) is 0.594. The molecule has 0 unspecified atom stereocenters. The third-order valence-electron chi connectivity index (χ3n) is 5.38. The van der Waals surface area contributed by atoms with Crippen molar-refractivity contribution in [1.82, 2.24) is 10.2 Å². The van der Waals surface area contributed by atoms with Crippen LogP contribution < -0.4 is 5.32 Å². The number of amides is 3. The maximum Gasteiger partial charge on any atom is 0.326 e. The Morgan fingerprint density at radius 3 is 2.62 bits per heavy atom. The molecule has 8 nitrogen and oxygen atoms in total. The summed E-state index contributed by atoms with van der Waals surface area (Å²) in [5, 5.41) is 12.2. The van der Waals surface area contributed by atoms with E-state index in [1.165, 1.54) is 6.92 Å². The lowest BCUT2D eigenvalue weighted by atomic mass is 9.83. The minimum atomic E-state index is -1.14. The summed E-state index contributed by atoms with van der Waals surface area (Å²) >= 11 is 0. The fraction of sp³-hybridized carbons (Fsp3) is 0.476. The van der Waals surface area contributed by atoms with Gasteiger partial charge in [0.2, 0.25) is 5.91 Å². The Morgan fingerprint density at radius 2 is 1.93 bits per heavy atom. The predicted molar refractivity (Wildman–Crippen MR) is 101 cm³/mol. The van der Waals surface area contributed by atoms with E-state index < -0.39 is 41.9 Å². The highest BCUT2D eigenvalue weighted by Crippen LogP contribution is 2.27. The molecule has 1 fully saturated rings. The van der Waals surface area contributed by atoms with Crippen molar-refractivity contribution < 1.29 is 23.9 Å². The number of nitrogens with one attached hydrogen (secondary N) is 1. The predicted octanol–water partition coefficient (Wildman–Crippen LogP) is 1.49. The van der Waals surface area contributed by atoms with Crippen LogP contribution in [0.25, 0.3) is 0 Å². The van der Waals surface area contributed by atoms with E-state index in [-0.39, 0.29) is 6.42 Å². The molecule has 152 valence electrons. The van der Waals surface area contributed by atoms with Crippen molar-refractivity contribution in [2.75, 3.05) is 6.54 Å². The minimum Gasteiger partial charge on any atom is -0.451 e. The normalized spacial score (nSPS) is 19.0. The molecule has 8 heteroatoms. The number of fused-ring (bicyclic) bond motifs is 1. The van der Waals surface area contributed by atoms with Gasteiger partial charge in [-0.15, -0.1) is 0 Å². The zero-order valence-electron chi connectivity index (χ0n) is 16.3. The van der Waals surface area contributed by atoms with E-state index in [2.05, 4.69) is 11.4 Å². The van der Waals surface area contributed by atoms with Crippen molar-refractivity contribution in [2.45, 2.75) is 57.1 Å². The molecule has 1 aliphatic carbocycles. The fourth-order valence-corrected chi connectivity index (χ4v) is 3.73. The molecule has 1 saturated carbocycles. The van der Waals surface area contributed by atoms with E-state index in [1.807, 2.05) is 0 Å². The van der Waals surface area contributed by atoms with Crippen LogP contribution in [-0.2, 0) is 25.5 Å². The zero-order chi connectivity index (χ0) is 21.0. The van der Waals surface area contributed by atoms with Gasteiger partial charge in [0.1, 0.15) is 12.1 Å². The number of nitrogens with zero attached hydrogens (tertiary/aromatic N) is 2. The first kappa shape index (κ1) is 20.5. The fourth-order valence-electron chi connectivity index (χ4n) is 3.73. The lowest BCUT2D eigenvalue weighted by molar-refractivity contribution is -0.157. The van der Waals surface area contributed by atoms with Crippen LogP contribution in [0.15, 0.2) is 24.3 Å². The van der Waals surface area contributed by atoms with Gasteiger partial charge >= 0.3 is 5.97 Å². The van der Waals surface area contributed by atoms with Gasteiger partial charge in [0.25, 0.3) is 11.8 Å². The maximum absolute atomic E-state index is 12.5. The van der Waals surface area contributed by atoms with Crippen LogP contribution in [0.1, 0.15) is 54.9 Å². The Bertz CT molecular complexity index is 883. The van der Waals surface area contributed by atoms with Gasteiger partial charge in [-0.2, -0.15) is 5.26 Å². The third-order valence-corrected chi connectivity index (χ3v) is 5.38. The van der Waals surface area contributed by atoms with E-state index in [0.717, 1.165) is 24.2 Å². The highest BCUT2D eigenvalue weighted by molar-refractivity contribution is 6.11. The number of esters is 1. The molecular weight excluding hydrogens is 374 g/mol. The molecule has 1 aromatic rings. The average molecular weight is 397 g/mol. The van der Waals surface area contributed by atoms with Crippen molar-refractivity contribution >= 4 is 23.7 Å². The van der Waals surface area contributed by atoms with Crippen molar-refractivity contribution in [3.63, 3.8) is 0 Å². The van der Waals surface area contributed by atoms with E-state index in [4.69, 9.17) is 4.74 Å². The second kappa shape index (κ2) is 8.43. The number of nitriles is 1. The van der Waals surface area contributed by atoms with Gasteiger partial charge in [-0.1, -0.05) is 37.5 Å². The van der Waals surface area contributed by atoms with Gasteiger partial charge in [-0.05, 0) is 31.4 Å². The molecule has 0 aromatic heterocycles. The van der Waals surface area contributed by atoms with E-state index in [0.29, 0.717) is 24.0 Å². The number of benzene rings is 1. The van der Waals surface area contributed by atoms with E-state index in [1.54, 1.807) is 24.3 Å². The summed E-state index contributed by atoms with van der Waals surface area (Å²) in [7, 11) is 0. The van der Waals surface area contributed by atoms with Crippen LogP contribution in [0.5, 0.6) is 0 Å². The molecule has 2 aliphatic rings. The van der Waals surface area contributed by atoms with Crippen molar-refractivity contribution in [3.8, 4) is 6.07 Å². The lowest BCUT2D eigenvalue weighted by Gasteiger charge is -2.32. The van der Waals surface area contributed by atoms with Crippen molar-refractivity contribution in [3.05, 3.63) is 35.4 Å².